The van der Waals surface area contributed by atoms with Crippen LogP contribution in [0.25, 0.3) is 10.9 Å². The zero-order valence-corrected chi connectivity index (χ0v) is 11.0. The van der Waals surface area contributed by atoms with E-state index < -0.39 is 16.0 Å². The molecule has 0 fully saturated rings. The van der Waals surface area contributed by atoms with E-state index in [2.05, 4.69) is 6.58 Å². The first-order valence-corrected chi connectivity index (χ1v) is 6.83. The number of sulfonamides is 1. The summed E-state index contributed by atoms with van der Waals surface area (Å²) >= 11 is 0. The lowest BCUT2D eigenvalue weighted by atomic mass is 10.2. The SMILES string of the molecule is C=CS(=O)(=O)N(C)n1ccc2ccc(C(=O)O)cc21. The molecule has 0 radical (unpaired) electrons. The van der Waals surface area contributed by atoms with Crippen LogP contribution in [0.4, 0.5) is 0 Å². The Hall–Kier alpha value is -2.28. The Bertz CT molecular complexity index is 761. The number of benzene rings is 1. The number of carboxylic acids is 1. The second-order valence-corrected chi connectivity index (χ2v) is 5.78. The average Bonchev–Trinajstić information content (AvgIpc) is 2.80. The quantitative estimate of drug-likeness (QED) is 0.917. The lowest BCUT2D eigenvalue weighted by molar-refractivity contribution is 0.0697. The maximum atomic E-state index is 11.7. The number of nitrogens with zero attached hydrogens (tertiary/aromatic N) is 2. The minimum absolute atomic E-state index is 0.0943. The first-order valence-electron chi connectivity index (χ1n) is 5.33. The van der Waals surface area contributed by atoms with Gasteiger partial charge < -0.3 is 5.11 Å². The van der Waals surface area contributed by atoms with Crippen LogP contribution in [0.3, 0.4) is 0 Å². The predicted octanol–water partition coefficient (Wildman–Crippen LogP) is 1.38. The molecule has 1 heterocycles. The van der Waals surface area contributed by atoms with Gasteiger partial charge in [-0.25, -0.2) is 17.6 Å². The van der Waals surface area contributed by atoms with E-state index in [-0.39, 0.29) is 5.56 Å². The van der Waals surface area contributed by atoms with E-state index in [1.54, 1.807) is 18.3 Å². The first-order chi connectivity index (χ1) is 8.86. The van der Waals surface area contributed by atoms with E-state index in [0.717, 1.165) is 15.2 Å². The van der Waals surface area contributed by atoms with Gasteiger partial charge in [0.15, 0.2) is 0 Å². The third-order valence-electron chi connectivity index (χ3n) is 2.80. The Labute approximate surface area is 110 Å². The molecule has 0 aliphatic heterocycles. The Morgan fingerprint density at radius 2 is 2.11 bits per heavy atom. The van der Waals surface area contributed by atoms with Gasteiger partial charge in [0.25, 0.3) is 10.0 Å². The normalized spacial score (nSPS) is 11.4. The van der Waals surface area contributed by atoms with E-state index in [1.165, 1.54) is 23.9 Å². The highest BCUT2D eigenvalue weighted by atomic mass is 32.2. The molecule has 0 saturated heterocycles. The highest BCUT2D eigenvalue weighted by molar-refractivity contribution is 7.95. The molecule has 0 bridgehead atoms. The van der Waals surface area contributed by atoms with Gasteiger partial charge in [0, 0.05) is 24.0 Å². The summed E-state index contributed by atoms with van der Waals surface area (Å²) in [5.41, 5.74) is 0.588. The summed E-state index contributed by atoms with van der Waals surface area (Å²) in [6, 6.07) is 6.23. The molecule has 0 amide bonds. The molecule has 0 aliphatic rings. The Balaban J connectivity index is 2.65. The molecule has 1 aromatic heterocycles. The van der Waals surface area contributed by atoms with Gasteiger partial charge >= 0.3 is 5.97 Å². The summed E-state index contributed by atoms with van der Waals surface area (Å²) in [5, 5.41) is 10.5. The van der Waals surface area contributed by atoms with Crippen molar-refractivity contribution >= 4 is 26.9 Å². The second-order valence-electron chi connectivity index (χ2n) is 3.88. The topological polar surface area (TPSA) is 79.6 Å². The third kappa shape index (κ3) is 2.19. The lowest BCUT2D eigenvalue weighted by Gasteiger charge is -2.19. The van der Waals surface area contributed by atoms with Crippen molar-refractivity contribution in [2.45, 2.75) is 0 Å². The molecular weight excluding hydrogens is 268 g/mol. The van der Waals surface area contributed by atoms with E-state index in [9.17, 15) is 13.2 Å². The van der Waals surface area contributed by atoms with E-state index in [1.807, 2.05) is 0 Å². The smallest absolute Gasteiger partial charge is 0.335 e. The van der Waals surface area contributed by atoms with Crippen LogP contribution < -0.4 is 4.41 Å². The molecule has 2 aromatic rings. The number of aromatic nitrogens is 1. The second kappa shape index (κ2) is 4.43. The maximum absolute atomic E-state index is 11.7. The monoisotopic (exact) mass is 280 g/mol. The van der Waals surface area contributed by atoms with Crippen LogP contribution in [-0.4, -0.2) is 31.2 Å². The van der Waals surface area contributed by atoms with Gasteiger partial charge in [0.05, 0.1) is 11.1 Å². The molecule has 0 saturated carbocycles. The van der Waals surface area contributed by atoms with Gasteiger partial charge in [-0.3, -0.25) is 4.68 Å². The van der Waals surface area contributed by atoms with E-state index >= 15 is 0 Å². The summed E-state index contributed by atoms with van der Waals surface area (Å²) in [6.45, 7) is 3.25. The highest BCUT2D eigenvalue weighted by Gasteiger charge is 2.16. The maximum Gasteiger partial charge on any atom is 0.335 e. The van der Waals surface area contributed by atoms with Crippen molar-refractivity contribution in [1.82, 2.24) is 4.68 Å². The molecule has 7 heteroatoms. The zero-order valence-electron chi connectivity index (χ0n) is 10.1. The first kappa shape index (κ1) is 13.2. The largest absolute Gasteiger partial charge is 0.478 e. The van der Waals surface area contributed by atoms with E-state index in [0.29, 0.717) is 5.52 Å². The molecular formula is C12H12N2O4S. The number of hydrogen-bond acceptors (Lipinski definition) is 3. The van der Waals surface area contributed by atoms with Gasteiger partial charge in [0.1, 0.15) is 0 Å². The van der Waals surface area contributed by atoms with Crippen molar-refractivity contribution in [3.05, 3.63) is 48.0 Å². The van der Waals surface area contributed by atoms with Gasteiger partial charge in [0.2, 0.25) is 0 Å². The molecule has 19 heavy (non-hydrogen) atoms. The van der Waals surface area contributed by atoms with Gasteiger partial charge in [-0.15, -0.1) is 0 Å². The fourth-order valence-corrected chi connectivity index (χ4v) is 2.33. The molecule has 100 valence electrons. The number of hydrogen-bond donors (Lipinski definition) is 1. The number of fused-ring (bicyclic) bond motifs is 1. The third-order valence-corrected chi connectivity index (χ3v) is 4.14. The zero-order chi connectivity index (χ0) is 14.2. The standard InChI is InChI=1S/C12H12N2O4S/c1-3-19(17,18)13(2)14-7-6-9-4-5-10(12(15)16)8-11(9)14/h3-8H,1H2,2H3,(H,15,16). The fourth-order valence-electron chi connectivity index (χ4n) is 1.72. The molecule has 0 atom stereocenters. The van der Waals surface area contributed by atoms with Crippen LogP contribution in [0.1, 0.15) is 10.4 Å². The van der Waals surface area contributed by atoms with Gasteiger partial charge in [-0.2, -0.15) is 0 Å². The number of carbonyl (C=O) groups is 1. The van der Waals surface area contributed by atoms with Crippen molar-refractivity contribution in [1.29, 1.82) is 0 Å². The minimum atomic E-state index is -3.63. The molecule has 6 nitrogen and oxygen atoms in total. The summed E-state index contributed by atoms with van der Waals surface area (Å²) < 4.78 is 25.8. The predicted molar refractivity (Wildman–Crippen MR) is 72.2 cm³/mol. The van der Waals surface area contributed by atoms with Crippen LogP contribution in [0.5, 0.6) is 0 Å². The molecule has 0 unspecified atom stereocenters. The summed E-state index contributed by atoms with van der Waals surface area (Å²) in [5.74, 6) is -1.07. The summed E-state index contributed by atoms with van der Waals surface area (Å²) in [4.78, 5) is 10.9. The number of aromatic carboxylic acids is 1. The number of carboxylic acid groups (broad SMARTS) is 1. The van der Waals surface area contributed by atoms with Crippen molar-refractivity contribution in [3.63, 3.8) is 0 Å². The van der Waals surface area contributed by atoms with Crippen LogP contribution in [0, 0.1) is 0 Å². The molecule has 1 aromatic carbocycles. The lowest BCUT2D eigenvalue weighted by Crippen LogP contribution is -2.34. The van der Waals surface area contributed by atoms with Gasteiger partial charge in [-0.1, -0.05) is 12.6 Å². The summed E-state index contributed by atoms with van der Waals surface area (Å²) in [6.07, 6.45) is 1.55. The van der Waals surface area contributed by atoms with Crippen LogP contribution >= 0.6 is 0 Å². The molecule has 2 rings (SSSR count). The molecule has 0 aliphatic carbocycles. The Morgan fingerprint density at radius 1 is 1.42 bits per heavy atom. The fraction of sp³-hybridized carbons (Fsp3) is 0.0833. The van der Waals surface area contributed by atoms with E-state index in [4.69, 9.17) is 5.11 Å². The molecule has 0 spiro atoms. The van der Waals surface area contributed by atoms with Crippen LogP contribution in [0.15, 0.2) is 42.4 Å². The van der Waals surface area contributed by atoms with Crippen molar-refractivity contribution in [2.75, 3.05) is 11.5 Å². The molecule has 1 N–H and O–H groups in total. The minimum Gasteiger partial charge on any atom is -0.478 e. The van der Waals surface area contributed by atoms with Crippen molar-refractivity contribution in [3.8, 4) is 0 Å². The van der Waals surface area contributed by atoms with Crippen molar-refractivity contribution in [2.24, 2.45) is 0 Å². The van der Waals surface area contributed by atoms with Crippen LogP contribution in [-0.2, 0) is 10.0 Å². The Morgan fingerprint density at radius 3 is 2.68 bits per heavy atom. The highest BCUT2D eigenvalue weighted by Crippen LogP contribution is 2.19. The average molecular weight is 280 g/mol. The summed E-state index contributed by atoms with van der Waals surface area (Å²) in [7, 11) is -2.27. The number of rotatable bonds is 4. The van der Waals surface area contributed by atoms with Crippen molar-refractivity contribution < 1.29 is 18.3 Å². The van der Waals surface area contributed by atoms with Crippen LogP contribution in [0.2, 0.25) is 0 Å². The Kier molecular flexibility index (Phi) is 3.07. The van der Waals surface area contributed by atoms with Gasteiger partial charge in [-0.05, 0) is 18.2 Å².